The van der Waals surface area contributed by atoms with Gasteiger partial charge in [-0.15, -0.1) is 0 Å². The van der Waals surface area contributed by atoms with E-state index < -0.39 is 42.5 Å². The zero-order valence-corrected chi connectivity index (χ0v) is 17.6. The molecule has 1 fully saturated rings. The first-order valence-corrected chi connectivity index (χ1v) is 9.72. The Balaban J connectivity index is 1.86. The number of Topliss-reactive ketones (excluding diaryl/α,β-unsaturated/α-hetero) is 1. The molecule has 1 aliphatic rings. The highest BCUT2D eigenvalue weighted by Crippen LogP contribution is 2.24. The summed E-state index contributed by atoms with van der Waals surface area (Å²) in [5.41, 5.74) is -0.233. The summed E-state index contributed by atoms with van der Waals surface area (Å²) in [4.78, 5) is 60.9. The van der Waals surface area contributed by atoms with Crippen LogP contribution in [0.2, 0.25) is 0 Å². The molecule has 0 bridgehead atoms. The molecule has 1 aliphatic heterocycles. The topological polar surface area (TPSA) is 122 Å². The highest BCUT2D eigenvalue weighted by atomic mass is 16.5. The number of carbonyl (C=O) groups is 5. The van der Waals surface area contributed by atoms with Gasteiger partial charge in [-0.05, 0) is 44.7 Å². The van der Waals surface area contributed by atoms with Crippen LogP contribution in [-0.4, -0.2) is 53.2 Å². The fourth-order valence-electron chi connectivity index (χ4n) is 2.97. The average Bonchev–Trinajstić information content (AvgIpc) is 2.88. The fourth-order valence-corrected chi connectivity index (χ4v) is 2.97. The summed E-state index contributed by atoms with van der Waals surface area (Å²) in [6.45, 7) is 5.91. The predicted molar refractivity (Wildman–Crippen MR) is 109 cm³/mol. The minimum Gasteiger partial charge on any atom is -0.454 e. The highest BCUT2D eigenvalue weighted by molar-refractivity contribution is 6.08. The number of nitrogens with one attached hydrogen (secondary N) is 2. The van der Waals surface area contributed by atoms with Crippen molar-refractivity contribution < 1.29 is 28.7 Å². The molecule has 0 radical (unpaired) electrons. The number of hydrogen-bond donors (Lipinski definition) is 2. The Morgan fingerprint density at radius 1 is 1.23 bits per heavy atom. The summed E-state index contributed by atoms with van der Waals surface area (Å²) in [7, 11) is 0. The van der Waals surface area contributed by atoms with Gasteiger partial charge >= 0.3 is 12.0 Å². The standard InChI is InChI=1S/C21H27N3O6/c1-13(2)8-9-21(4)19(28)24(20(29)23-21)11-18(27)30-12-17(26)22-16-7-5-6-15(10-16)14(3)25/h5-7,10,13H,8-9,11-12H2,1-4H3,(H,22,26)(H,23,29)/t21-/m1/s1. The number of ether oxygens (including phenoxy) is 1. The molecule has 1 aromatic carbocycles. The lowest BCUT2D eigenvalue weighted by atomic mass is 9.92. The maximum absolute atomic E-state index is 12.6. The van der Waals surface area contributed by atoms with E-state index in [1.165, 1.54) is 13.0 Å². The van der Waals surface area contributed by atoms with E-state index in [2.05, 4.69) is 10.6 Å². The van der Waals surface area contributed by atoms with Crippen LogP contribution in [-0.2, 0) is 19.1 Å². The Morgan fingerprint density at radius 2 is 1.93 bits per heavy atom. The molecule has 1 atom stereocenters. The molecule has 4 amide bonds. The molecule has 0 aromatic heterocycles. The van der Waals surface area contributed by atoms with Gasteiger partial charge < -0.3 is 15.4 Å². The molecule has 1 aromatic rings. The zero-order chi connectivity index (χ0) is 22.5. The summed E-state index contributed by atoms with van der Waals surface area (Å²) in [5.74, 6) is -1.76. The second-order valence-corrected chi connectivity index (χ2v) is 7.93. The van der Waals surface area contributed by atoms with Gasteiger partial charge in [-0.25, -0.2) is 4.79 Å². The van der Waals surface area contributed by atoms with E-state index in [9.17, 15) is 24.0 Å². The molecule has 9 nitrogen and oxygen atoms in total. The Kier molecular flexibility index (Phi) is 7.31. The Hall–Kier alpha value is -3.23. The zero-order valence-electron chi connectivity index (χ0n) is 17.6. The van der Waals surface area contributed by atoms with Gasteiger partial charge in [0.1, 0.15) is 12.1 Å². The number of anilines is 1. The fraction of sp³-hybridized carbons (Fsp3) is 0.476. The number of amides is 4. The van der Waals surface area contributed by atoms with Crippen LogP contribution in [0, 0.1) is 5.92 Å². The Bertz CT molecular complexity index is 866. The molecule has 9 heteroatoms. The SMILES string of the molecule is CC(=O)c1cccc(NC(=O)COC(=O)CN2C(=O)N[C@](C)(CCC(C)C)C2=O)c1. The number of hydrogen-bond acceptors (Lipinski definition) is 6. The van der Waals surface area contributed by atoms with Gasteiger partial charge in [0, 0.05) is 11.3 Å². The lowest BCUT2D eigenvalue weighted by Crippen LogP contribution is -2.44. The van der Waals surface area contributed by atoms with Crippen molar-refractivity contribution in [2.75, 3.05) is 18.5 Å². The summed E-state index contributed by atoms with van der Waals surface area (Å²) in [6.07, 6.45) is 1.20. The van der Waals surface area contributed by atoms with E-state index in [1.54, 1.807) is 25.1 Å². The van der Waals surface area contributed by atoms with Gasteiger partial charge in [-0.2, -0.15) is 0 Å². The van der Waals surface area contributed by atoms with Crippen LogP contribution >= 0.6 is 0 Å². The van der Waals surface area contributed by atoms with E-state index in [1.807, 2.05) is 13.8 Å². The number of nitrogens with zero attached hydrogens (tertiary/aromatic N) is 1. The number of carbonyl (C=O) groups excluding carboxylic acids is 5. The van der Waals surface area contributed by atoms with Crippen molar-refractivity contribution in [3.8, 4) is 0 Å². The first-order valence-electron chi connectivity index (χ1n) is 9.72. The first-order chi connectivity index (χ1) is 14.0. The third-order valence-corrected chi connectivity index (χ3v) is 4.77. The van der Waals surface area contributed by atoms with Crippen LogP contribution in [0.1, 0.15) is 50.9 Å². The normalized spacial score (nSPS) is 18.4. The summed E-state index contributed by atoms with van der Waals surface area (Å²) < 4.78 is 4.89. The van der Waals surface area contributed by atoms with Crippen LogP contribution in [0.25, 0.3) is 0 Å². The van der Waals surface area contributed by atoms with Crippen LogP contribution in [0.15, 0.2) is 24.3 Å². The number of esters is 1. The molecule has 2 rings (SSSR count). The van der Waals surface area contributed by atoms with E-state index >= 15 is 0 Å². The smallest absolute Gasteiger partial charge is 0.326 e. The third-order valence-electron chi connectivity index (χ3n) is 4.77. The van der Waals surface area contributed by atoms with Gasteiger partial charge in [-0.1, -0.05) is 26.0 Å². The highest BCUT2D eigenvalue weighted by Gasteiger charge is 2.48. The minimum absolute atomic E-state index is 0.147. The maximum atomic E-state index is 12.6. The van der Waals surface area contributed by atoms with Gasteiger partial charge in [-0.3, -0.25) is 24.1 Å². The Morgan fingerprint density at radius 3 is 2.57 bits per heavy atom. The minimum atomic E-state index is -1.05. The van der Waals surface area contributed by atoms with Gasteiger partial charge in [0.05, 0.1) is 0 Å². The average molecular weight is 417 g/mol. The van der Waals surface area contributed by atoms with Crippen molar-refractivity contribution >= 4 is 35.3 Å². The van der Waals surface area contributed by atoms with Crippen LogP contribution in [0.3, 0.4) is 0 Å². The monoisotopic (exact) mass is 417 g/mol. The second-order valence-electron chi connectivity index (χ2n) is 7.93. The number of urea groups is 1. The van der Waals surface area contributed by atoms with E-state index in [0.717, 1.165) is 11.3 Å². The van der Waals surface area contributed by atoms with E-state index in [-0.39, 0.29) is 5.78 Å². The van der Waals surface area contributed by atoms with Gasteiger partial charge in [0.25, 0.3) is 11.8 Å². The van der Waals surface area contributed by atoms with Gasteiger partial charge in [0.2, 0.25) is 0 Å². The van der Waals surface area contributed by atoms with E-state index in [4.69, 9.17) is 4.74 Å². The first kappa shape index (κ1) is 23.1. The van der Waals surface area contributed by atoms with Crippen LogP contribution in [0.4, 0.5) is 10.5 Å². The number of benzene rings is 1. The lowest BCUT2D eigenvalue weighted by Gasteiger charge is -2.22. The number of ketones is 1. The molecule has 1 heterocycles. The molecule has 2 N–H and O–H groups in total. The third kappa shape index (κ3) is 5.88. The largest absolute Gasteiger partial charge is 0.454 e. The van der Waals surface area contributed by atoms with Crippen molar-refractivity contribution in [3.63, 3.8) is 0 Å². The molecule has 30 heavy (non-hydrogen) atoms. The molecule has 0 unspecified atom stereocenters. The molecular formula is C21H27N3O6. The summed E-state index contributed by atoms with van der Waals surface area (Å²) in [5, 5.41) is 5.14. The molecule has 0 saturated carbocycles. The molecule has 1 saturated heterocycles. The summed E-state index contributed by atoms with van der Waals surface area (Å²) >= 11 is 0. The number of imide groups is 1. The van der Waals surface area contributed by atoms with E-state index in [0.29, 0.717) is 23.6 Å². The molecule has 0 spiro atoms. The number of rotatable bonds is 9. The van der Waals surface area contributed by atoms with Crippen LogP contribution < -0.4 is 10.6 Å². The van der Waals surface area contributed by atoms with Crippen molar-refractivity contribution in [2.24, 2.45) is 5.92 Å². The van der Waals surface area contributed by atoms with Crippen molar-refractivity contribution in [2.45, 2.75) is 46.1 Å². The molecular weight excluding hydrogens is 390 g/mol. The maximum Gasteiger partial charge on any atom is 0.326 e. The van der Waals surface area contributed by atoms with Gasteiger partial charge in [0.15, 0.2) is 12.4 Å². The summed E-state index contributed by atoms with van der Waals surface area (Å²) in [6, 6.07) is 5.68. The van der Waals surface area contributed by atoms with Crippen LogP contribution in [0.5, 0.6) is 0 Å². The van der Waals surface area contributed by atoms with Crippen molar-refractivity contribution in [1.29, 1.82) is 0 Å². The predicted octanol–water partition coefficient (Wildman–Crippen LogP) is 2.12. The van der Waals surface area contributed by atoms with Crippen molar-refractivity contribution in [1.82, 2.24) is 10.2 Å². The molecule has 162 valence electrons. The quantitative estimate of drug-likeness (QED) is 0.361. The van der Waals surface area contributed by atoms with Crippen molar-refractivity contribution in [3.05, 3.63) is 29.8 Å². The molecule has 0 aliphatic carbocycles. The Labute approximate surface area is 175 Å². The lowest BCUT2D eigenvalue weighted by molar-refractivity contribution is -0.150. The second kappa shape index (κ2) is 9.51.